The lowest BCUT2D eigenvalue weighted by Crippen LogP contribution is -2.34. The Morgan fingerprint density at radius 1 is 1.37 bits per heavy atom. The van der Waals surface area contributed by atoms with Crippen LogP contribution < -0.4 is 10.6 Å². The molecule has 19 heavy (non-hydrogen) atoms. The summed E-state index contributed by atoms with van der Waals surface area (Å²) >= 11 is 0. The predicted octanol–water partition coefficient (Wildman–Crippen LogP) is 2.03. The van der Waals surface area contributed by atoms with Crippen molar-refractivity contribution in [2.24, 2.45) is 0 Å². The highest BCUT2D eigenvalue weighted by atomic mass is 16.1. The Balaban J connectivity index is 1.60. The van der Waals surface area contributed by atoms with Crippen LogP contribution in [0.3, 0.4) is 0 Å². The normalized spacial score (nSPS) is 16.0. The third-order valence-electron chi connectivity index (χ3n) is 3.67. The first-order chi connectivity index (χ1) is 9.33. The maximum atomic E-state index is 11.9. The molecule has 0 aliphatic heterocycles. The third kappa shape index (κ3) is 2.76. The van der Waals surface area contributed by atoms with Crippen molar-refractivity contribution >= 4 is 22.5 Å². The number of hydrogen-bond donors (Lipinski definition) is 3. The molecule has 0 saturated heterocycles. The van der Waals surface area contributed by atoms with E-state index < -0.39 is 0 Å². The van der Waals surface area contributed by atoms with E-state index in [1.807, 2.05) is 18.2 Å². The molecule has 0 unspecified atom stereocenters. The molecule has 0 radical (unpaired) electrons. The number of aromatic nitrogens is 2. The van der Waals surface area contributed by atoms with Gasteiger partial charge in [0.1, 0.15) is 0 Å². The molecule has 0 atom stereocenters. The standard InChI is InChI=1S/C14H18N4O/c19-14(9-15-10-4-1-2-5-10)17-12-6-3-7-13-11(12)8-16-18-13/h3,6-8,10,15H,1-2,4-5,9H2,(H,16,18)(H,17,19). The minimum absolute atomic E-state index is 0.000556. The molecule has 0 spiro atoms. The van der Waals surface area contributed by atoms with E-state index in [0.29, 0.717) is 12.6 Å². The Labute approximate surface area is 111 Å². The molecule has 1 saturated carbocycles. The lowest BCUT2D eigenvalue weighted by Gasteiger charge is -2.12. The average Bonchev–Trinajstić information content (AvgIpc) is 3.08. The van der Waals surface area contributed by atoms with Gasteiger partial charge in [0.15, 0.2) is 0 Å². The highest BCUT2D eigenvalue weighted by molar-refractivity contribution is 6.01. The number of H-pyrrole nitrogens is 1. The molecule has 1 aliphatic carbocycles. The molecule has 1 aromatic heterocycles. The fourth-order valence-electron chi connectivity index (χ4n) is 2.64. The van der Waals surface area contributed by atoms with Crippen LogP contribution in [-0.4, -0.2) is 28.7 Å². The minimum Gasteiger partial charge on any atom is -0.324 e. The van der Waals surface area contributed by atoms with Crippen LogP contribution in [0.2, 0.25) is 0 Å². The summed E-state index contributed by atoms with van der Waals surface area (Å²) in [5.74, 6) is 0.000556. The maximum Gasteiger partial charge on any atom is 0.238 e. The number of fused-ring (bicyclic) bond motifs is 1. The first-order valence-corrected chi connectivity index (χ1v) is 6.78. The summed E-state index contributed by atoms with van der Waals surface area (Å²) in [6, 6.07) is 6.25. The smallest absolute Gasteiger partial charge is 0.238 e. The van der Waals surface area contributed by atoms with Gasteiger partial charge in [-0.2, -0.15) is 5.10 Å². The summed E-state index contributed by atoms with van der Waals surface area (Å²) < 4.78 is 0. The van der Waals surface area contributed by atoms with Crippen molar-refractivity contribution in [3.05, 3.63) is 24.4 Å². The number of amides is 1. The van der Waals surface area contributed by atoms with Crippen molar-refractivity contribution in [1.82, 2.24) is 15.5 Å². The monoisotopic (exact) mass is 258 g/mol. The average molecular weight is 258 g/mol. The second-order valence-corrected chi connectivity index (χ2v) is 5.05. The van der Waals surface area contributed by atoms with E-state index >= 15 is 0 Å². The van der Waals surface area contributed by atoms with Crippen LogP contribution in [0.1, 0.15) is 25.7 Å². The number of nitrogens with one attached hydrogen (secondary N) is 3. The van der Waals surface area contributed by atoms with Crippen LogP contribution in [-0.2, 0) is 4.79 Å². The van der Waals surface area contributed by atoms with E-state index in [-0.39, 0.29) is 5.91 Å². The number of carbonyl (C=O) groups is 1. The van der Waals surface area contributed by atoms with Gasteiger partial charge in [-0.3, -0.25) is 9.89 Å². The van der Waals surface area contributed by atoms with Gasteiger partial charge in [-0.15, -0.1) is 0 Å². The topological polar surface area (TPSA) is 69.8 Å². The predicted molar refractivity (Wildman–Crippen MR) is 75.0 cm³/mol. The molecule has 2 aromatic rings. The van der Waals surface area contributed by atoms with Gasteiger partial charge in [0.05, 0.1) is 23.9 Å². The molecule has 5 heteroatoms. The number of anilines is 1. The van der Waals surface area contributed by atoms with E-state index in [1.54, 1.807) is 6.20 Å². The van der Waals surface area contributed by atoms with Crippen LogP contribution in [0.4, 0.5) is 5.69 Å². The first-order valence-electron chi connectivity index (χ1n) is 6.78. The van der Waals surface area contributed by atoms with Crippen LogP contribution in [0.5, 0.6) is 0 Å². The van der Waals surface area contributed by atoms with Gasteiger partial charge in [0.2, 0.25) is 5.91 Å². The lowest BCUT2D eigenvalue weighted by molar-refractivity contribution is -0.115. The lowest BCUT2D eigenvalue weighted by atomic mass is 10.2. The maximum absolute atomic E-state index is 11.9. The van der Waals surface area contributed by atoms with Crippen molar-refractivity contribution in [3.63, 3.8) is 0 Å². The second kappa shape index (κ2) is 5.40. The Bertz CT molecular complexity index is 572. The van der Waals surface area contributed by atoms with Crippen LogP contribution in [0.25, 0.3) is 10.9 Å². The zero-order valence-corrected chi connectivity index (χ0v) is 10.8. The van der Waals surface area contributed by atoms with Crippen molar-refractivity contribution in [1.29, 1.82) is 0 Å². The van der Waals surface area contributed by atoms with E-state index in [9.17, 15) is 4.79 Å². The zero-order valence-electron chi connectivity index (χ0n) is 10.8. The summed E-state index contributed by atoms with van der Waals surface area (Å²) in [5, 5.41) is 14.1. The Morgan fingerprint density at radius 3 is 3.05 bits per heavy atom. The number of benzene rings is 1. The van der Waals surface area contributed by atoms with Gasteiger partial charge in [-0.1, -0.05) is 18.9 Å². The van der Waals surface area contributed by atoms with Crippen LogP contribution in [0, 0.1) is 0 Å². The van der Waals surface area contributed by atoms with Gasteiger partial charge in [0, 0.05) is 11.4 Å². The van der Waals surface area contributed by atoms with Crippen molar-refractivity contribution < 1.29 is 4.79 Å². The fraction of sp³-hybridized carbons (Fsp3) is 0.429. The molecule has 1 aliphatic rings. The number of aromatic amines is 1. The summed E-state index contributed by atoms with van der Waals surface area (Å²) in [6.45, 7) is 0.374. The molecule has 1 amide bonds. The Hall–Kier alpha value is -1.88. The molecule has 1 aromatic carbocycles. The minimum atomic E-state index is 0.000556. The molecule has 5 nitrogen and oxygen atoms in total. The highest BCUT2D eigenvalue weighted by Gasteiger charge is 2.15. The molecule has 100 valence electrons. The summed E-state index contributed by atoms with van der Waals surface area (Å²) in [6.07, 6.45) is 6.64. The van der Waals surface area contributed by atoms with E-state index in [0.717, 1.165) is 16.6 Å². The van der Waals surface area contributed by atoms with Crippen LogP contribution in [0.15, 0.2) is 24.4 Å². The van der Waals surface area contributed by atoms with Gasteiger partial charge in [0.25, 0.3) is 0 Å². The molecule has 0 bridgehead atoms. The van der Waals surface area contributed by atoms with Crippen molar-refractivity contribution in [2.75, 3.05) is 11.9 Å². The number of nitrogens with zero attached hydrogens (tertiary/aromatic N) is 1. The first kappa shape index (κ1) is 12.2. The fourth-order valence-corrected chi connectivity index (χ4v) is 2.64. The summed E-state index contributed by atoms with van der Waals surface area (Å²) in [5.41, 5.74) is 1.74. The Morgan fingerprint density at radius 2 is 2.21 bits per heavy atom. The second-order valence-electron chi connectivity index (χ2n) is 5.05. The molecular weight excluding hydrogens is 240 g/mol. The van der Waals surface area contributed by atoms with Gasteiger partial charge >= 0.3 is 0 Å². The number of carbonyl (C=O) groups excluding carboxylic acids is 1. The molecule has 1 heterocycles. The summed E-state index contributed by atoms with van der Waals surface area (Å²) in [7, 11) is 0. The molecule has 3 N–H and O–H groups in total. The van der Waals surface area contributed by atoms with Gasteiger partial charge in [-0.25, -0.2) is 0 Å². The third-order valence-corrected chi connectivity index (χ3v) is 3.67. The number of rotatable bonds is 4. The highest BCUT2D eigenvalue weighted by Crippen LogP contribution is 2.21. The Kier molecular flexibility index (Phi) is 3.46. The SMILES string of the molecule is O=C(CNC1CCCC1)Nc1cccc2[nH]ncc12. The molecule has 1 fully saturated rings. The van der Waals surface area contributed by atoms with E-state index in [1.165, 1.54) is 25.7 Å². The van der Waals surface area contributed by atoms with Gasteiger partial charge in [-0.05, 0) is 25.0 Å². The van der Waals surface area contributed by atoms with Crippen LogP contribution >= 0.6 is 0 Å². The molecule has 3 rings (SSSR count). The van der Waals surface area contributed by atoms with E-state index in [2.05, 4.69) is 20.8 Å². The molecular formula is C14H18N4O. The van der Waals surface area contributed by atoms with E-state index in [4.69, 9.17) is 0 Å². The van der Waals surface area contributed by atoms with Gasteiger partial charge < -0.3 is 10.6 Å². The zero-order chi connectivity index (χ0) is 13.1. The largest absolute Gasteiger partial charge is 0.324 e. The quantitative estimate of drug-likeness (QED) is 0.786. The van der Waals surface area contributed by atoms with Crippen molar-refractivity contribution in [3.8, 4) is 0 Å². The summed E-state index contributed by atoms with van der Waals surface area (Å²) in [4.78, 5) is 11.9. The van der Waals surface area contributed by atoms with Crippen molar-refractivity contribution in [2.45, 2.75) is 31.7 Å². The number of hydrogen-bond acceptors (Lipinski definition) is 3.